The molecule has 11 heterocycles. The van der Waals surface area contributed by atoms with Gasteiger partial charge in [0.05, 0.1) is 75.2 Å². The van der Waals surface area contributed by atoms with Crippen LogP contribution in [0.15, 0.2) is 86.5 Å². The molecule has 86 heavy (non-hydrogen) atoms. The summed E-state index contributed by atoms with van der Waals surface area (Å²) in [6.45, 7) is 21.9. The van der Waals surface area contributed by atoms with E-state index in [0.29, 0.717) is 125 Å². The minimum atomic E-state index is -0.514. The van der Waals surface area contributed by atoms with Crippen molar-refractivity contribution in [3.05, 3.63) is 114 Å². The number of pyridine rings is 4. The summed E-state index contributed by atoms with van der Waals surface area (Å²) in [6.07, 6.45) is 16.8. The van der Waals surface area contributed by atoms with E-state index < -0.39 is 11.6 Å². The topological polar surface area (TPSA) is 318 Å². The number of fused-ring (bicyclic) bond motifs is 4. The van der Waals surface area contributed by atoms with Crippen molar-refractivity contribution in [2.24, 2.45) is 0 Å². The van der Waals surface area contributed by atoms with E-state index in [2.05, 4.69) is 67.7 Å². The Bertz CT molecular complexity index is 3690. The maximum Gasteiger partial charge on any atom is 0.410 e. The van der Waals surface area contributed by atoms with E-state index >= 15 is 0 Å². The average molecular weight is 1200 g/mol. The number of anilines is 3. The molecule has 3 fully saturated rings. The predicted molar refractivity (Wildman–Crippen MR) is 327 cm³/mol. The molecule has 3 atom stereocenters. The minimum absolute atomic E-state index is 0.0620. The zero-order valence-corrected chi connectivity index (χ0v) is 49.9. The lowest BCUT2D eigenvalue weighted by Crippen LogP contribution is -2.36. The number of nitrogens with one attached hydrogen (secondary N) is 8. The van der Waals surface area contributed by atoms with Crippen molar-refractivity contribution in [2.75, 3.05) is 81.6 Å². The van der Waals surface area contributed by atoms with E-state index in [1.54, 1.807) is 93.1 Å². The lowest BCUT2D eigenvalue weighted by Gasteiger charge is -2.24. The molecule has 0 aromatic carbocycles. The first-order valence-electron chi connectivity index (χ1n) is 28.5. The smallest absolute Gasteiger partial charge is 0.410 e. The fourth-order valence-corrected chi connectivity index (χ4v) is 10.3. The van der Waals surface area contributed by atoms with Gasteiger partial charge in [-0.05, 0) is 105 Å². The molecule has 3 aliphatic heterocycles. The third-order valence-corrected chi connectivity index (χ3v) is 14.2. The molecule has 0 saturated carbocycles. The molecule has 2 amide bonds. The number of carbonyl (C=O) groups is 6. The number of aromatic nitrogens is 8. The Morgan fingerprint density at radius 2 is 0.942 bits per heavy atom. The van der Waals surface area contributed by atoms with Crippen LogP contribution in [0.3, 0.4) is 0 Å². The van der Waals surface area contributed by atoms with Crippen molar-refractivity contribution in [1.29, 1.82) is 0 Å². The van der Waals surface area contributed by atoms with Gasteiger partial charge >= 0.3 is 30.0 Å². The van der Waals surface area contributed by atoms with Gasteiger partial charge in [-0.25, -0.2) is 43.9 Å². The SMILES string of the molecule is C=CC(=O)N1CCC(Nc2ccnc3[nH]cc(C(=O)OCC)c23)C1.CCOC(=O)c1c[nH]c2nccc(Cl)c12.CCOC(=O)c1c[nH]c2nccc(NC3CCN(C(=O)OC(C)(C)C)C3)c12.CCOC(=O)c1c[nH]c2nccc(NC3CCNC3)c12. The van der Waals surface area contributed by atoms with Crippen molar-refractivity contribution < 1.29 is 52.5 Å². The van der Waals surface area contributed by atoms with Gasteiger partial charge in [0.1, 0.15) is 28.2 Å². The molecule has 26 heteroatoms. The van der Waals surface area contributed by atoms with Gasteiger partial charge in [0.25, 0.3) is 0 Å². The number of esters is 4. The molecule has 0 radical (unpaired) electrons. The number of hydrogen-bond donors (Lipinski definition) is 8. The molecule has 8 N–H and O–H groups in total. The van der Waals surface area contributed by atoms with Crippen LogP contribution in [0.1, 0.15) is 109 Å². The molecule has 8 aromatic heterocycles. The summed E-state index contributed by atoms with van der Waals surface area (Å²) < 4.78 is 25.7. The van der Waals surface area contributed by atoms with E-state index in [0.717, 1.165) is 54.8 Å². The Hall–Kier alpha value is -9.23. The lowest BCUT2D eigenvalue weighted by atomic mass is 10.1. The Balaban J connectivity index is 0.000000152. The molecule has 0 aliphatic carbocycles. The highest BCUT2D eigenvalue weighted by atomic mass is 35.5. The van der Waals surface area contributed by atoms with Crippen LogP contribution in [0.25, 0.3) is 44.1 Å². The molecule has 8 aromatic rings. The zero-order chi connectivity index (χ0) is 61.5. The summed E-state index contributed by atoms with van der Waals surface area (Å²) in [5.41, 5.74) is 6.40. The normalized spacial score (nSPS) is 16.3. The van der Waals surface area contributed by atoms with Crippen molar-refractivity contribution in [1.82, 2.24) is 55.0 Å². The van der Waals surface area contributed by atoms with Gasteiger partial charge in [-0.2, -0.15) is 0 Å². The lowest BCUT2D eigenvalue weighted by molar-refractivity contribution is -0.125. The summed E-state index contributed by atoms with van der Waals surface area (Å²) in [5.74, 6) is -1.54. The van der Waals surface area contributed by atoms with E-state index in [9.17, 15) is 28.8 Å². The molecular formula is C60H73ClN14O11. The number of H-pyrrole nitrogens is 4. The molecule has 3 unspecified atom stereocenters. The first kappa shape index (κ1) is 62.8. The Morgan fingerprint density at radius 3 is 1.33 bits per heavy atom. The molecule has 25 nitrogen and oxygen atoms in total. The van der Waals surface area contributed by atoms with Crippen LogP contribution in [0.5, 0.6) is 0 Å². The Labute approximate surface area is 501 Å². The van der Waals surface area contributed by atoms with Crippen LogP contribution < -0.4 is 21.3 Å². The van der Waals surface area contributed by atoms with E-state index in [1.807, 2.05) is 39.0 Å². The molecule has 0 spiro atoms. The van der Waals surface area contributed by atoms with E-state index in [-0.39, 0.29) is 42.0 Å². The summed E-state index contributed by atoms with van der Waals surface area (Å²) in [7, 11) is 0. The predicted octanol–water partition coefficient (Wildman–Crippen LogP) is 9.01. The van der Waals surface area contributed by atoms with Crippen molar-refractivity contribution in [3.63, 3.8) is 0 Å². The largest absolute Gasteiger partial charge is 0.462 e. The van der Waals surface area contributed by atoms with Crippen LogP contribution in [0.4, 0.5) is 21.9 Å². The first-order chi connectivity index (χ1) is 41.4. The van der Waals surface area contributed by atoms with Gasteiger partial charge in [-0.1, -0.05) is 18.2 Å². The maximum atomic E-state index is 12.2. The molecule has 456 valence electrons. The highest BCUT2D eigenvalue weighted by Crippen LogP contribution is 2.32. The standard InChI is InChI=1S/C19H26N4O4.C17H20N4O3.C14H18N4O2.C10H9ClN2O2/c1-5-26-17(24)13-10-21-16-15(13)14(6-8-20-16)22-12-7-9-23(11-12)18(25)27-19(2,3)4;1-3-14(22)21-8-6-11(10-21)20-13-5-7-18-16-15(13)12(9-19-16)17(23)24-4-2;1-2-20-14(19)10-8-17-13-12(10)11(4-6-16-13)18-9-3-5-15-7-9;1-2-15-10(14)6-5-13-9-8(6)7(11)3-4-12-9/h6,8,10,12H,5,7,9,11H2,1-4H3,(H2,20,21,22);3,5,7,9,11H,1,4,6,8,10H2,2H3,(H2,18,19,20);4,6,8-9,15H,2-3,5,7H2,1H3,(H2,16,17,18);3-5H,2H2,1H3,(H,12,13). The molecule has 3 aliphatic rings. The quantitative estimate of drug-likeness (QED) is 0.0269. The number of carbonyl (C=O) groups excluding carboxylic acids is 6. The fourth-order valence-electron chi connectivity index (χ4n) is 10.0. The number of likely N-dealkylation sites (tertiary alicyclic amines) is 2. The minimum Gasteiger partial charge on any atom is -0.462 e. The summed E-state index contributed by atoms with van der Waals surface area (Å²) in [5, 5.41) is 17.0. The average Bonchev–Trinajstić information content (AvgIpc) is 4.08. The van der Waals surface area contributed by atoms with Crippen molar-refractivity contribution in [2.45, 2.75) is 91.5 Å². The van der Waals surface area contributed by atoms with Crippen molar-refractivity contribution >= 4 is 109 Å². The molecule has 11 rings (SSSR count). The van der Waals surface area contributed by atoms with Crippen LogP contribution in [-0.4, -0.2) is 175 Å². The van der Waals surface area contributed by atoms with E-state index in [1.165, 1.54) is 6.08 Å². The second-order valence-electron chi connectivity index (χ2n) is 21.0. The number of amides is 2. The van der Waals surface area contributed by atoms with Gasteiger partial charge < -0.3 is 74.7 Å². The number of ether oxygens (including phenoxy) is 5. The summed E-state index contributed by atoms with van der Waals surface area (Å²) >= 11 is 5.98. The zero-order valence-electron chi connectivity index (χ0n) is 49.2. The number of rotatable bonds is 15. The highest BCUT2D eigenvalue weighted by Gasteiger charge is 2.31. The molecule has 0 bridgehead atoms. The van der Waals surface area contributed by atoms with Gasteiger partial charge in [0.15, 0.2) is 0 Å². The van der Waals surface area contributed by atoms with Crippen LogP contribution in [-0.2, 0) is 28.5 Å². The van der Waals surface area contributed by atoms with E-state index in [4.69, 9.17) is 35.3 Å². The van der Waals surface area contributed by atoms with Crippen LogP contribution in [0.2, 0.25) is 5.02 Å². The number of halogens is 1. The van der Waals surface area contributed by atoms with Gasteiger partial charge in [0.2, 0.25) is 5.91 Å². The third kappa shape index (κ3) is 15.4. The second kappa shape index (κ2) is 29.0. The Morgan fingerprint density at radius 1 is 0.570 bits per heavy atom. The van der Waals surface area contributed by atoms with Crippen LogP contribution >= 0.6 is 11.6 Å². The molecule has 3 saturated heterocycles. The number of aromatic amines is 4. The number of nitrogens with zero attached hydrogens (tertiary/aromatic N) is 6. The Kier molecular flexibility index (Phi) is 21.2. The monoisotopic (exact) mass is 1200 g/mol. The fraction of sp³-hybridized carbons (Fsp3) is 0.400. The third-order valence-electron chi connectivity index (χ3n) is 13.9. The first-order valence-corrected chi connectivity index (χ1v) is 28.9. The number of hydrogen-bond acceptors (Lipinski definition) is 19. The highest BCUT2D eigenvalue weighted by molar-refractivity contribution is 6.36. The van der Waals surface area contributed by atoms with Crippen molar-refractivity contribution in [3.8, 4) is 0 Å². The summed E-state index contributed by atoms with van der Waals surface area (Å²) in [4.78, 5) is 104. The maximum absolute atomic E-state index is 12.2. The van der Waals surface area contributed by atoms with Gasteiger partial charge in [-0.3, -0.25) is 4.79 Å². The van der Waals surface area contributed by atoms with Crippen LogP contribution in [0, 0.1) is 0 Å². The van der Waals surface area contributed by atoms with Gasteiger partial charge in [-0.15, -0.1) is 0 Å². The van der Waals surface area contributed by atoms with Gasteiger partial charge in [0, 0.05) is 117 Å². The molecular weight excluding hydrogens is 1130 g/mol. The second-order valence-corrected chi connectivity index (χ2v) is 21.4. The summed E-state index contributed by atoms with van der Waals surface area (Å²) in [6, 6.07) is 7.76.